The molecule has 25 heavy (non-hydrogen) atoms. The van der Waals surface area contributed by atoms with Crippen LogP contribution < -0.4 is 9.64 Å². The molecule has 0 radical (unpaired) electrons. The summed E-state index contributed by atoms with van der Waals surface area (Å²) in [5.74, 6) is 1.66. The number of amidine groups is 1. The molecule has 1 fully saturated rings. The van der Waals surface area contributed by atoms with E-state index in [4.69, 9.17) is 4.74 Å². The van der Waals surface area contributed by atoms with Crippen molar-refractivity contribution in [1.82, 2.24) is 14.9 Å². The Morgan fingerprint density at radius 2 is 1.76 bits per heavy atom. The van der Waals surface area contributed by atoms with Gasteiger partial charge in [0, 0.05) is 44.0 Å². The molecule has 3 heterocycles. The molecular weight excluding hydrogens is 342 g/mol. The first-order chi connectivity index (χ1) is 12.1. The Balaban J connectivity index is 1.53. The van der Waals surface area contributed by atoms with Crippen molar-refractivity contribution < 1.29 is 13.2 Å². The summed E-state index contributed by atoms with van der Waals surface area (Å²) in [5.41, 5.74) is 0.675. The second kappa shape index (κ2) is 5.99. The summed E-state index contributed by atoms with van der Waals surface area (Å²) in [5, 5.41) is 0. The van der Waals surface area contributed by atoms with E-state index in [9.17, 15) is 8.42 Å². The van der Waals surface area contributed by atoms with Crippen LogP contribution in [0.1, 0.15) is 5.56 Å². The monoisotopic (exact) mass is 359 g/mol. The van der Waals surface area contributed by atoms with Gasteiger partial charge in [-0.15, -0.1) is 4.40 Å². The largest absolute Gasteiger partial charge is 0.481 e. The maximum absolute atomic E-state index is 12.2. The minimum Gasteiger partial charge on any atom is -0.481 e. The van der Waals surface area contributed by atoms with Crippen molar-refractivity contribution in [2.45, 2.75) is 4.90 Å². The molecule has 0 N–H and O–H groups in total. The zero-order chi connectivity index (χ0) is 17.4. The number of aromatic nitrogens is 2. The van der Waals surface area contributed by atoms with E-state index < -0.39 is 10.0 Å². The molecule has 1 aromatic heterocycles. The van der Waals surface area contributed by atoms with E-state index in [-0.39, 0.29) is 4.90 Å². The molecule has 0 amide bonds. The third-order valence-corrected chi connectivity index (χ3v) is 5.63. The van der Waals surface area contributed by atoms with Crippen molar-refractivity contribution in [3.8, 4) is 5.88 Å². The van der Waals surface area contributed by atoms with Crippen LogP contribution in [0.4, 0.5) is 5.95 Å². The predicted octanol–water partition coefficient (Wildman–Crippen LogP) is 0.756. The van der Waals surface area contributed by atoms with E-state index in [1.807, 2.05) is 11.0 Å². The molecule has 0 bridgehead atoms. The molecule has 1 aromatic carbocycles. The number of methoxy groups -OCH3 is 1. The first-order valence-electron chi connectivity index (χ1n) is 7.90. The normalized spacial score (nSPS) is 18.7. The van der Waals surface area contributed by atoms with Crippen LogP contribution in [0.5, 0.6) is 5.88 Å². The van der Waals surface area contributed by atoms with E-state index in [1.54, 1.807) is 37.6 Å². The number of sulfonamides is 1. The van der Waals surface area contributed by atoms with Gasteiger partial charge in [-0.1, -0.05) is 12.1 Å². The Labute approximate surface area is 145 Å². The Bertz CT molecular complexity index is 936. The molecule has 8 nitrogen and oxygen atoms in total. The fourth-order valence-electron chi connectivity index (χ4n) is 3.03. The van der Waals surface area contributed by atoms with Crippen LogP contribution in [-0.2, 0) is 10.0 Å². The molecule has 0 atom stereocenters. The number of hydrogen-bond acceptors (Lipinski definition) is 7. The second-order valence-electron chi connectivity index (χ2n) is 5.76. The van der Waals surface area contributed by atoms with Crippen LogP contribution in [0.2, 0.25) is 0 Å². The third kappa shape index (κ3) is 2.80. The highest BCUT2D eigenvalue weighted by molar-refractivity contribution is 7.90. The summed E-state index contributed by atoms with van der Waals surface area (Å²) >= 11 is 0. The van der Waals surface area contributed by atoms with E-state index in [0.717, 1.165) is 0 Å². The predicted molar refractivity (Wildman–Crippen MR) is 92.5 cm³/mol. The summed E-state index contributed by atoms with van der Waals surface area (Å²) in [6, 6.07) is 8.65. The van der Waals surface area contributed by atoms with Crippen LogP contribution in [0.15, 0.2) is 45.8 Å². The number of ether oxygens (including phenoxy) is 1. The standard InChI is InChI=1S/C16H17N5O3S/c1-24-14-6-7-17-16(18-14)21-10-8-20(9-11-21)15-12-4-2-3-5-13(12)25(22,23)19-15/h2-7H,8-11H2,1H3. The highest BCUT2D eigenvalue weighted by atomic mass is 32.2. The molecule has 2 aliphatic rings. The molecule has 0 spiro atoms. The average Bonchev–Trinajstić information content (AvgIpc) is 2.93. The number of benzene rings is 1. The highest BCUT2D eigenvalue weighted by Crippen LogP contribution is 2.28. The van der Waals surface area contributed by atoms with Crippen LogP contribution in [0.25, 0.3) is 0 Å². The van der Waals surface area contributed by atoms with Crippen LogP contribution in [0.3, 0.4) is 0 Å². The highest BCUT2D eigenvalue weighted by Gasteiger charge is 2.33. The zero-order valence-corrected chi connectivity index (χ0v) is 14.5. The van der Waals surface area contributed by atoms with Gasteiger partial charge in [-0.3, -0.25) is 0 Å². The number of anilines is 1. The topological polar surface area (TPSA) is 88.0 Å². The first-order valence-corrected chi connectivity index (χ1v) is 9.34. The number of piperazine rings is 1. The quantitative estimate of drug-likeness (QED) is 0.782. The fraction of sp³-hybridized carbons (Fsp3) is 0.312. The Morgan fingerprint density at radius 1 is 1.04 bits per heavy atom. The van der Waals surface area contributed by atoms with E-state index in [1.165, 1.54) is 0 Å². The van der Waals surface area contributed by atoms with Gasteiger partial charge in [-0.2, -0.15) is 13.4 Å². The molecule has 2 aromatic rings. The molecule has 0 aliphatic carbocycles. The molecular formula is C16H17N5O3S. The average molecular weight is 359 g/mol. The van der Waals surface area contributed by atoms with Gasteiger partial charge >= 0.3 is 0 Å². The van der Waals surface area contributed by atoms with Crippen molar-refractivity contribution in [2.24, 2.45) is 4.40 Å². The maximum atomic E-state index is 12.2. The lowest BCUT2D eigenvalue weighted by Gasteiger charge is -2.35. The maximum Gasteiger partial charge on any atom is 0.285 e. The van der Waals surface area contributed by atoms with Crippen LogP contribution >= 0.6 is 0 Å². The van der Waals surface area contributed by atoms with Gasteiger partial charge < -0.3 is 14.5 Å². The van der Waals surface area contributed by atoms with E-state index >= 15 is 0 Å². The second-order valence-corrected chi connectivity index (χ2v) is 7.33. The minimum atomic E-state index is -3.59. The number of nitrogens with zero attached hydrogens (tertiary/aromatic N) is 5. The first kappa shape index (κ1) is 15.8. The molecule has 130 valence electrons. The van der Waals surface area contributed by atoms with Crippen LogP contribution in [-0.4, -0.2) is 62.4 Å². The lowest BCUT2D eigenvalue weighted by molar-refractivity contribution is 0.378. The van der Waals surface area contributed by atoms with Gasteiger partial charge in [0.2, 0.25) is 11.8 Å². The SMILES string of the molecule is COc1ccnc(N2CCN(C3=NS(=O)(=O)c4ccccc43)CC2)n1. The van der Waals surface area contributed by atoms with Crippen molar-refractivity contribution in [3.05, 3.63) is 42.1 Å². The lowest BCUT2D eigenvalue weighted by Crippen LogP contribution is -2.49. The molecule has 4 rings (SSSR count). The summed E-state index contributed by atoms with van der Waals surface area (Å²) in [6.45, 7) is 2.63. The lowest BCUT2D eigenvalue weighted by atomic mass is 10.1. The zero-order valence-electron chi connectivity index (χ0n) is 13.7. The molecule has 9 heteroatoms. The number of hydrogen-bond donors (Lipinski definition) is 0. The number of rotatable bonds is 2. The van der Waals surface area contributed by atoms with Gasteiger partial charge in [-0.25, -0.2) is 4.98 Å². The molecule has 2 aliphatic heterocycles. The molecule has 1 saturated heterocycles. The minimum absolute atomic E-state index is 0.281. The Hall–Kier alpha value is -2.68. The van der Waals surface area contributed by atoms with Crippen LogP contribution in [0, 0.1) is 0 Å². The van der Waals surface area contributed by atoms with Gasteiger partial charge in [0.15, 0.2) is 5.84 Å². The Morgan fingerprint density at radius 3 is 2.52 bits per heavy atom. The summed E-state index contributed by atoms with van der Waals surface area (Å²) in [4.78, 5) is 13.0. The van der Waals surface area contributed by atoms with Crippen molar-refractivity contribution in [3.63, 3.8) is 0 Å². The summed E-state index contributed by atoms with van der Waals surface area (Å²) in [6.07, 6.45) is 1.66. The summed E-state index contributed by atoms with van der Waals surface area (Å²) in [7, 11) is -2.02. The fourth-order valence-corrected chi connectivity index (χ4v) is 4.26. The van der Waals surface area contributed by atoms with E-state index in [0.29, 0.717) is 49.4 Å². The van der Waals surface area contributed by atoms with Crippen molar-refractivity contribution in [1.29, 1.82) is 0 Å². The molecule has 0 saturated carbocycles. The van der Waals surface area contributed by atoms with Gasteiger partial charge in [-0.05, 0) is 12.1 Å². The smallest absolute Gasteiger partial charge is 0.285 e. The van der Waals surface area contributed by atoms with Crippen molar-refractivity contribution >= 4 is 21.8 Å². The van der Waals surface area contributed by atoms with Gasteiger partial charge in [0.1, 0.15) is 4.90 Å². The van der Waals surface area contributed by atoms with Gasteiger partial charge in [0.05, 0.1) is 7.11 Å². The third-order valence-electron chi connectivity index (χ3n) is 4.30. The van der Waals surface area contributed by atoms with Gasteiger partial charge in [0.25, 0.3) is 10.0 Å². The van der Waals surface area contributed by atoms with E-state index in [2.05, 4.69) is 19.3 Å². The Kier molecular flexibility index (Phi) is 3.79. The molecule has 0 unspecified atom stereocenters. The number of fused-ring (bicyclic) bond motifs is 1. The summed E-state index contributed by atoms with van der Waals surface area (Å²) < 4.78 is 33.5. The van der Waals surface area contributed by atoms with Crippen molar-refractivity contribution in [2.75, 3.05) is 38.2 Å².